The molecule has 0 saturated carbocycles. The Morgan fingerprint density at radius 3 is 2.67 bits per heavy atom. The fraction of sp³-hybridized carbons (Fsp3) is 0.333. The van der Waals surface area contributed by atoms with E-state index in [1.807, 2.05) is 32.6 Å². The zero-order chi connectivity index (χ0) is 19.1. The summed E-state index contributed by atoms with van der Waals surface area (Å²) < 4.78 is 4.32. The Balaban J connectivity index is 1.56. The number of nitrogens with one attached hydrogen (secondary N) is 1. The van der Waals surface area contributed by atoms with Gasteiger partial charge in [0.15, 0.2) is 5.96 Å². The van der Waals surface area contributed by atoms with Crippen molar-refractivity contribution in [2.45, 2.75) is 26.1 Å². The van der Waals surface area contributed by atoms with Gasteiger partial charge >= 0.3 is 0 Å². The molecule has 3 aromatic rings. The Morgan fingerprint density at radius 2 is 1.96 bits per heavy atom. The number of benzene rings is 1. The third-order valence-electron chi connectivity index (χ3n) is 4.71. The van der Waals surface area contributed by atoms with E-state index in [-0.39, 0.29) is 0 Å². The molecule has 0 fully saturated rings. The Labute approximate surface area is 161 Å². The van der Waals surface area contributed by atoms with E-state index in [2.05, 4.69) is 79.0 Å². The van der Waals surface area contributed by atoms with Crippen LogP contribution in [-0.4, -0.2) is 39.1 Å². The summed E-state index contributed by atoms with van der Waals surface area (Å²) >= 11 is 0. The van der Waals surface area contributed by atoms with E-state index in [1.165, 1.54) is 11.3 Å². The first-order chi connectivity index (χ1) is 13.2. The van der Waals surface area contributed by atoms with E-state index in [0.717, 1.165) is 31.3 Å². The number of imidazole rings is 1. The van der Waals surface area contributed by atoms with Crippen LogP contribution in [-0.2, 0) is 33.1 Å². The Bertz CT molecular complexity index is 862. The molecule has 3 rings (SSSR count). The van der Waals surface area contributed by atoms with Crippen molar-refractivity contribution in [1.82, 2.24) is 24.3 Å². The zero-order valence-electron chi connectivity index (χ0n) is 16.3. The van der Waals surface area contributed by atoms with E-state index in [9.17, 15) is 0 Å². The van der Waals surface area contributed by atoms with Crippen molar-refractivity contribution < 1.29 is 0 Å². The molecule has 0 saturated heterocycles. The molecule has 0 bridgehead atoms. The van der Waals surface area contributed by atoms with Crippen molar-refractivity contribution in [3.8, 4) is 0 Å². The molecule has 0 aliphatic heterocycles. The number of hydrogen-bond donors (Lipinski definition) is 1. The van der Waals surface area contributed by atoms with E-state index in [1.54, 1.807) is 0 Å². The first kappa shape index (κ1) is 18.8. The van der Waals surface area contributed by atoms with Gasteiger partial charge in [-0.3, -0.25) is 4.99 Å². The molecule has 2 aromatic heterocycles. The quantitative estimate of drug-likeness (QED) is 0.518. The third kappa shape index (κ3) is 5.00. The summed E-state index contributed by atoms with van der Waals surface area (Å²) in [6.07, 6.45) is 6.95. The summed E-state index contributed by atoms with van der Waals surface area (Å²) in [5.74, 6) is 1.87. The lowest BCUT2D eigenvalue weighted by Crippen LogP contribution is -2.38. The van der Waals surface area contributed by atoms with Crippen LogP contribution in [0.25, 0.3) is 0 Å². The molecule has 0 radical (unpaired) electrons. The van der Waals surface area contributed by atoms with Crippen molar-refractivity contribution in [3.63, 3.8) is 0 Å². The van der Waals surface area contributed by atoms with E-state index >= 15 is 0 Å². The van der Waals surface area contributed by atoms with Crippen LogP contribution < -0.4 is 5.32 Å². The SMILES string of the molecule is CN=C(NCc1nccn1CCc1ccccc1)N(C)Cc1cccn1C. The standard InChI is InChI=1S/C21H28N6/c1-22-21(26(3)17-19-10-7-13-25(19)2)24-16-20-23-12-15-27(20)14-11-18-8-5-4-6-9-18/h4-10,12-13,15H,11,14,16-17H2,1-3H3,(H,22,24). The molecule has 0 amide bonds. The number of aryl methyl sites for hydroxylation is 3. The number of aromatic nitrogens is 3. The van der Waals surface area contributed by atoms with Crippen LogP contribution in [0.3, 0.4) is 0 Å². The number of hydrogen-bond acceptors (Lipinski definition) is 2. The minimum Gasteiger partial charge on any atom is -0.353 e. The molecule has 0 atom stereocenters. The molecule has 0 unspecified atom stereocenters. The number of guanidine groups is 1. The van der Waals surface area contributed by atoms with Gasteiger partial charge in [-0.1, -0.05) is 30.3 Å². The molecule has 0 aliphatic carbocycles. The molecular formula is C21H28N6. The molecule has 142 valence electrons. The summed E-state index contributed by atoms with van der Waals surface area (Å²) in [5.41, 5.74) is 2.58. The van der Waals surface area contributed by atoms with Gasteiger partial charge in [-0.05, 0) is 24.1 Å². The molecule has 27 heavy (non-hydrogen) atoms. The summed E-state index contributed by atoms with van der Waals surface area (Å²) in [6.45, 7) is 2.36. The third-order valence-corrected chi connectivity index (χ3v) is 4.71. The van der Waals surface area contributed by atoms with Crippen LogP contribution in [0.15, 0.2) is 66.0 Å². The first-order valence-corrected chi connectivity index (χ1v) is 9.23. The first-order valence-electron chi connectivity index (χ1n) is 9.23. The molecule has 1 aromatic carbocycles. The van der Waals surface area contributed by atoms with Gasteiger partial charge in [0.2, 0.25) is 0 Å². The van der Waals surface area contributed by atoms with E-state index in [4.69, 9.17) is 0 Å². The van der Waals surface area contributed by atoms with Gasteiger partial charge in [-0.15, -0.1) is 0 Å². The smallest absolute Gasteiger partial charge is 0.194 e. The highest BCUT2D eigenvalue weighted by Crippen LogP contribution is 2.06. The van der Waals surface area contributed by atoms with Crippen molar-refractivity contribution >= 4 is 5.96 Å². The van der Waals surface area contributed by atoms with Gasteiger partial charge in [0.1, 0.15) is 5.82 Å². The zero-order valence-corrected chi connectivity index (χ0v) is 16.3. The van der Waals surface area contributed by atoms with E-state index < -0.39 is 0 Å². The van der Waals surface area contributed by atoms with Gasteiger partial charge in [0, 0.05) is 52.0 Å². The molecule has 1 N–H and O–H groups in total. The highest BCUT2D eigenvalue weighted by Gasteiger charge is 2.10. The molecule has 6 nitrogen and oxygen atoms in total. The molecule has 2 heterocycles. The maximum Gasteiger partial charge on any atom is 0.194 e. The van der Waals surface area contributed by atoms with Crippen LogP contribution in [0, 0.1) is 0 Å². The fourth-order valence-electron chi connectivity index (χ4n) is 3.13. The summed E-state index contributed by atoms with van der Waals surface area (Å²) in [4.78, 5) is 11.0. The second-order valence-corrected chi connectivity index (χ2v) is 6.64. The lowest BCUT2D eigenvalue weighted by molar-refractivity contribution is 0.459. The van der Waals surface area contributed by atoms with Crippen molar-refractivity contribution in [3.05, 3.63) is 78.1 Å². The normalized spacial score (nSPS) is 11.6. The Hall–Kier alpha value is -3.02. The average Bonchev–Trinajstić information content (AvgIpc) is 3.30. The van der Waals surface area contributed by atoms with Crippen molar-refractivity contribution in [2.24, 2.45) is 12.0 Å². The summed E-state index contributed by atoms with van der Waals surface area (Å²) in [6, 6.07) is 14.7. The van der Waals surface area contributed by atoms with Crippen LogP contribution in [0.4, 0.5) is 0 Å². The lowest BCUT2D eigenvalue weighted by atomic mass is 10.1. The highest BCUT2D eigenvalue weighted by atomic mass is 15.3. The second kappa shape index (κ2) is 9.07. The number of rotatable bonds is 7. The van der Waals surface area contributed by atoms with Crippen LogP contribution in [0.2, 0.25) is 0 Å². The lowest BCUT2D eigenvalue weighted by Gasteiger charge is -2.22. The molecular weight excluding hydrogens is 336 g/mol. The molecule has 0 aliphatic rings. The van der Waals surface area contributed by atoms with Crippen LogP contribution >= 0.6 is 0 Å². The number of aliphatic imine (C=N–C) groups is 1. The maximum absolute atomic E-state index is 4.51. The maximum atomic E-state index is 4.51. The Morgan fingerprint density at radius 1 is 1.15 bits per heavy atom. The monoisotopic (exact) mass is 364 g/mol. The van der Waals surface area contributed by atoms with E-state index in [0.29, 0.717) is 6.54 Å². The molecule has 6 heteroatoms. The average molecular weight is 364 g/mol. The minimum atomic E-state index is 0.645. The minimum absolute atomic E-state index is 0.645. The van der Waals surface area contributed by atoms with Gasteiger partial charge in [-0.25, -0.2) is 4.98 Å². The van der Waals surface area contributed by atoms with Crippen LogP contribution in [0.5, 0.6) is 0 Å². The van der Waals surface area contributed by atoms with Gasteiger partial charge < -0.3 is 19.4 Å². The van der Waals surface area contributed by atoms with Gasteiger partial charge in [-0.2, -0.15) is 0 Å². The summed E-state index contributed by atoms with van der Waals surface area (Å²) in [5, 5.41) is 3.43. The van der Waals surface area contributed by atoms with Crippen molar-refractivity contribution in [2.75, 3.05) is 14.1 Å². The highest BCUT2D eigenvalue weighted by molar-refractivity contribution is 5.79. The van der Waals surface area contributed by atoms with Crippen molar-refractivity contribution in [1.29, 1.82) is 0 Å². The largest absolute Gasteiger partial charge is 0.353 e. The second-order valence-electron chi connectivity index (χ2n) is 6.64. The fourth-order valence-corrected chi connectivity index (χ4v) is 3.13. The van der Waals surface area contributed by atoms with Gasteiger partial charge in [0.25, 0.3) is 0 Å². The summed E-state index contributed by atoms with van der Waals surface area (Å²) in [7, 11) is 5.92. The predicted molar refractivity (Wildman–Crippen MR) is 109 cm³/mol. The van der Waals surface area contributed by atoms with Crippen LogP contribution in [0.1, 0.15) is 17.1 Å². The predicted octanol–water partition coefficient (Wildman–Crippen LogP) is 2.67. The van der Waals surface area contributed by atoms with Gasteiger partial charge in [0.05, 0.1) is 13.1 Å². The molecule has 0 spiro atoms. The number of nitrogens with zero attached hydrogens (tertiary/aromatic N) is 5. The topological polar surface area (TPSA) is 50.4 Å². The Kier molecular flexibility index (Phi) is 6.30.